The summed E-state index contributed by atoms with van der Waals surface area (Å²) >= 11 is 0. The predicted molar refractivity (Wildman–Crippen MR) is 80.1 cm³/mol. The number of rotatable bonds is 2. The Morgan fingerprint density at radius 3 is 1.89 bits per heavy atom. The van der Waals surface area contributed by atoms with E-state index in [0.717, 1.165) is 6.42 Å². The lowest BCUT2D eigenvalue weighted by Crippen LogP contribution is -1.84. The first-order valence-electron chi connectivity index (χ1n) is 6.69. The van der Waals surface area contributed by atoms with Gasteiger partial charge in [0, 0.05) is 0 Å². The molecule has 0 spiro atoms. The highest BCUT2D eigenvalue weighted by Gasteiger charge is 2.24. The fraction of sp³-hybridized carbons (Fsp3) is 0.0526. The molecule has 4 rings (SSSR count). The maximum atomic E-state index is 2.27. The molecule has 0 fully saturated rings. The van der Waals surface area contributed by atoms with Crippen LogP contribution in [0.5, 0.6) is 0 Å². The van der Waals surface area contributed by atoms with E-state index >= 15 is 0 Å². The van der Waals surface area contributed by atoms with Gasteiger partial charge in [0.05, 0.1) is 0 Å². The largest absolute Gasteiger partial charge is 0.0622 e. The van der Waals surface area contributed by atoms with E-state index in [9.17, 15) is 0 Å². The Morgan fingerprint density at radius 1 is 0.579 bits per heavy atom. The fourth-order valence-electron chi connectivity index (χ4n) is 2.78. The zero-order valence-corrected chi connectivity index (χ0v) is 10.6. The van der Waals surface area contributed by atoms with Gasteiger partial charge in [-0.3, -0.25) is 0 Å². The van der Waals surface area contributed by atoms with Crippen LogP contribution in [0, 0.1) is 0 Å². The van der Waals surface area contributed by atoms with Crippen LogP contribution in [-0.2, 0) is 6.42 Å². The van der Waals surface area contributed by atoms with E-state index in [2.05, 4.69) is 72.8 Å². The first kappa shape index (κ1) is 10.6. The monoisotopic (exact) mass is 242 g/mol. The molecule has 0 aliphatic heterocycles. The molecule has 19 heavy (non-hydrogen) atoms. The highest BCUT2D eigenvalue weighted by atomic mass is 14.3. The molecule has 0 saturated heterocycles. The Morgan fingerprint density at radius 2 is 1.21 bits per heavy atom. The second-order valence-electron chi connectivity index (χ2n) is 5.03. The Labute approximate surface area is 113 Å². The standard InChI is InChI=1S/C19H14/c1-3-7-14(8-4-1)17-12-11-16-13-18(16)19(17)15-9-5-2-6-10-15/h1-12H,13H2. The first-order chi connectivity index (χ1) is 9.43. The highest BCUT2D eigenvalue weighted by Crippen LogP contribution is 2.43. The molecule has 0 heteroatoms. The van der Waals surface area contributed by atoms with E-state index in [4.69, 9.17) is 0 Å². The summed E-state index contributed by atoms with van der Waals surface area (Å²) in [4.78, 5) is 0. The van der Waals surface area contributed by atoms with E-state index < -0.39 is 0 Å². The molecular weight excluding hydrogens is 228 g/mol. The minimum absolute atomic E-state index is 1.15. The predicted octanol–water partition coefficient (Wildman–Crippen LogP) is 4.92. The Kier molecular flexibility index (Phi) is 2.28. The van der Waals surface area contributed by atoms with E-state index in [1.165, 1.54) is 33.4 Å². The first-order valence-corrected chi connectivity index (χ1v) is 6.69. The normalized spacial score (nSPS) is 12.0. The van der Waals surface area contributed by atoms with Crippen molar-refractivity contribution in [1.29, 1.82) is 0 Å². The minimum atomic E-state index is 1.15. The Bertz CT molecular complexity index is 725. The number of benzene rings is 3. The molecule has 1 aliphatic carbocycles. The molecule has 3 aromatic rings. The van der Waals surface area contributed by atoms with Crippen molar-refractivity contribution in [2.24, 2.45) is 0 Å². The van der Waals surface area contributed by atoms with Crippen molar-refractivity contribution >= 4 is 0 Å². The number of hydrogen-bond acceptors (Lipinski definition) is 0. The SMILES string of the molecule is c1ccc(-c2ccc3c(c2-c2ccccc2)C3)cc1. The van der Waals surface area contributed by atoms with Crippen LogP contribution in [0.25, 0.3) is 22.3 Å². The highest BCUT2D eigenvalue weighted by molar-refractivity contribution is 5.89. The van der Waals surface area contributed by atoms with Gasteiger partial charge in [-0.15, -0.1) is 0 Å². The molecule has 0 unspecified atom stereocenters. The maximum absolute atomic E-state index is 2.27. The van der Waals surface area contributed by atoms with Crippen LogP contribution in [-0.4, -0.2) is 0 Å². The third-order valence-electron chi connectivity index (χ3n) is 3.80. The van der Waals surface area contributed by atoms with Gasteiger partial charge in [-0.2, -0.15) is 0 Å². The van der Waals surface area contributed by atoms with Crippen molar-refractivity contribution in [2.45, 2.75) is 6.42 Å². The molecule has 0 nitrogen and oxygen atoms in total. The van der Waals surface area contributed by atoms with Gasteiger partial charge in [-0.05, 0) is 39.8 Å². The second kappa shape index (κ2) is 4.10. The van der Waals surface area contributed by atoms with Gasteiger partial charge in [-0.1, -0.05) is 72.8 Å². The van der Waals surface area contributed by atoms with Crippen LogP contribution in [0.15, 0.2) is 72.8 Å². The molecule has 0 N–H and O–H groups in total. The summed E-state index contributed by atoms with van der Waals surface area (Å²) in [6.07, 6.45) is 1.15. The lowest BCUT2D eigenvalue weighted by atomic mass is 9.94. The summed E-state index contributed by atoms with van der Waals surface area (Å²) in [5.41, 5.74) is 8.42. The molecule has 0 heterocycles. The summed E-state index contributed by atoms with van der Waals surface area (Å²) in [5.74, 6) is 0. The molecule has 0 saturated carbocycles. The molecule has 0 amide bonds. The van der Waals surface area contributed by atoms with Gasteiger partial charge in [0.1, 0.15) is 0 Å². The van der Waals surface area contributed by atoms with E-state index in [1.807, 2.05) is 0 Å². The van der Waals surface area contributed by atoms with E-state index in [1.54, 1.807) is 0 Å². The van der Waals surface area contributed by atoms with Crippen LogP contribution >= 0.6 is 0 Å². The van der Waals surface area contributed by atoms with Crippen LogP contribution in [0.1, 0.15) is 11.1 Å². The molecule has 3 aromatic carbocycles. The van der Waals surface area contributed by atoms with Crippen LogP contribution in [0.3, 0.4) is 0 Å². The van der Waals surface area contributed by atoms with Crippen LogP contribution in [0.2, 0.25) is 0 Å². The third kappa shape index (κ3) is 1.77. The van der Waals surface area contributed by atoms with Gasteiger partial charge < -0.3 is 0 Å². The lowest BCUT2D eigenvalue weighted by molar-refractivity contribution is 1.57. The topological polar surface area (TPSA) is 0 Å². The van der Waals surface area contributed by atoms with Gasteiger partial charge in [0.25, 0.3) is 0 Å². The van der Waals surface area contributed by atoms with Gasteiger partial charge in [0.2, 0.25) is 0 Å². The third-order valence-corrected chi connectivity index (χ3v) is 3.80. The van der Waals surface area contributed by atoms with Crippen molar-refractivity contribution in [2.75, 3.05) is 0 Å². The summed E-state index contributed by atoms with van der Waals surface area (Å²) in [6.45, 7) is 0. The Balaban J connectivity index is 1.97. The van der Waals surface area contributed by atoms with E-state index in [-0.39, 0.29) is 0 Å². The average molecular weight is 242 g/mol. The Hall–Kier alpha value is -2.34. The zero-order valence-electron chi connectivity index (χ0n) is 10.6. The van der Waals surface area contributed by atoms with Crippen molar-refractivity contribution in [3.63, 3.8) is 0 Å². The van der Waals surface area contributed by atoms with Gasteiger partial charge in [0.15, 0.2) is 0 Å². The van der Waals surface area contributed by atoms with Crippen molar-refractivity contribution in [3.05, 3.63) is 83.9 Å². The van der Waals surface area contributed by atoms with Crippen LogP contribution in [0.4, 0.5) is 0 Å². The summed E-state index contributed by atoms with van der Waals surface area (Å²) in [7, 11) is 0. The quantitative estimate of drug-likeness (QED) is 0.468. The van der Waals surface area contributed by atoms with Crippen molar-refractivity contribution in [1.82, 2.24) is 0 Å². The summed E-state index contributed by atoms with van der Waals surface area (Å²) < 4.78 is 0. The number of hydrogen-bond donors (Lipinski definition) is 0. The smallest absolute Gasteiger partial charge is 0.00135 e. The molecule has 0 aromatic heterocycles. The minimum Gasteiger partial charge on any atom is -0.0622 e. The summed E-state index contributed by atoms with van der Waals surface area (Å²) in [5, 5.41) is 0. The maximum Gasteiger partial charge on any atom is -0.00135 e. The fourth-order valence-corrected chi connectivity index (χ4v) is 2.78. The molecule has 90 valence electrons. The van der Waals surface area contributed by atoms with Crippen molar-refractivity contribution in [3.8, 4) is 22.3 Å². The van der Waals surface area contributed by atoms with Crippen LogP contribution < -0.4 is 0 Å². The molecule has 0 radical (unpaired) electrons. The zero-order chi connectivity index (χ0) is 12.7. The molecular formula is C19H14. The summed E-state index contributed by atoms with van der Waals surface area (Å²) in [6, 6.07) is 25.9. The van der Waals surface area contributed by atoms with E-state index in [0.29, 0.717) is 0 Å². The molecule has 0 bridgehead atoms. The van der Waals surface area contributed by atoms with Crippen molar-refractivity contribution < 1.29 is 0 Å². The molecule has 1 aliphatic rings. The average Bonchev–Trinajstić information content (AvgIpc) is 3.27. The lowest BCUT2D eigenvalue weighted by Gasteiger charge is -2.09. The van der Waals surface area contributed by atoms with Gasteiger partial charge >= 0.3 is 0 Å². The number of fused-ring (bicyclic) bond motifs is 1. The second-order valence-corrected chi connectivity index (χ2v) is 5.03. The molecule has 0 atom stereocenters. The van der Waals surface area contributed by atoms with Gasteiger partial charge in [-0.25, -0.2) is 0 Å².